The number of likely N-dealkylation sites (tertiary alicyclic amines) is 1. The van der Waals surface area contributed by atoms with Crippen molar-refractivity contribution in [2.24, 2.45) is 5.92 Å². The molecule has 22 heavy (non-hydrogen) atoms. The fraction of sp³-hybridized carbons (Fsp3) is 0.875. The third kappa shape index (κ3) is 5.83. The van der Waals surface area contributed by atoms with E-state index >= 15 is 0 Å². The van der Waals surface area contributed by atoms with Crippen molar-refractivity contribution < 1.29 is 23.8 Å². The molecule has 0 spiro atoms. The molecule has 0 N–H and O–H groups in total. The highest BCUT2D eigenvalue weighted by Gasteiger charge is 2.42. The van der Waals surface area contributed by atoms with Crippen molar-refractivity contribution in [2.45, 2.75) is 58.6 Å². The Balaban J connectivity index is 2.71. The molecule has 1 amide bonds. The Morgan fingerprint density at radius 3 is 2.50 bits per heavy atom. The number of nitrogens with zero attached hydrogens (tertiary/aromatic N) is 1. The quantitative estimate of drug-likeness (QED) is 0.557. The van der Waals surface area contributed by atoms with Gasteiger partial charge < -0.3 is 14.2 Å². The summed E-state index contributed by atoms with van der Waals surface area (Å²) in [5, 5.41) is 0. The first kappa shape index (κ1) is 18.7. The topological polar surface area (TPSA) is 65.1 Å². The number of amides is 1. The molecule has 0 aromatic carbocycles. The third-order valence-electron chi connectivity index (χ3n) is 3.43. The Kier molecular flexibility index (Phi) is 7.13. The SMILES string of the molecule is CCCCOC(=O)[C@@H]1CC(COC)CN1C(=O)OC(C)(C)C. The molecular weight excluding hydrogens is 286 g/mol. The largest absolute Gasteiger partial charge is 0.464 e. The van der Waals surface area contributed by atoms with Gasteiger partial charge >= 0.3 is 12.1 Å². The fourth-order valence-electron chi connectivity index (χ4n) is 2.44. The van der Waals surface area contributed by atoms with Gasteiger partial charge in [-0.2, -0.15) is 0 Å². The number of ether oxygens (including phenoxy) is 3. The molecule has 1 heterocycles. The molecule has 6 heteroatoms. The minimum absolute atomic E-state index is 0.126. The summed E-state index contributed by atoms with van der Waals surface area (Å²) in [5.41, 5.74) is -0.590. The van der Waals surface area contributed by atoms with Crippen LogP contribution in [0.5, 0.6) is 0 Å². The predicted octanol–water partition coefficient (Wildman–Crippen LogP) is 2.60. The molecule has 0 aromatic heterocycles. The van der Waals surface area contributed by atoms with E-state index in [2.05, 4.69) is 0 Å². The van der Waals surface area contributed by atoms with Crippen molar-refractivity contribution in [1.82, 2.24) is 4.90 Å². The standard InChI is InChI=1S/C16H29NO5/c1-6-7-8-21-14(18)13-9-12(11-20-5)10-17(13)15(19)22-16(2,3)4/h12-13H,6-11H2,1-5H3/t12?,13-/m0/s1. The Hall–Kier alpha value is -1.30. The Morgan fingerprint density at radius 1 is 1.27 bits per heavy atom. The summed E-state index contributed by atoms with van der Waals surface area (Å²) >= 11 is 0. The summed E-state index contributed by atoms with van der Waals surface area (Å²) in [7, 11) is 1.62. The highest BCUT2D eigenvalue weighted by Crippen LogP contribution is 2.26. The van der Waals surface area contributed by atoms with Gasteiger partial charge in [0.2, 0.25) is 0 Å². The van der Waals surface area contributed by atoms with Crippen LogP contribution < -0.4 is 0 Å². The highest BCUT2D eigenvalue weighted by atomic mass is 16.6. The van der Waals surface area contributed by atoms with E-state index in [0.29, 0.717) is 26.2 Å². The molecule has 1 aliphatic rings. The first-order valence-corrected chi connectivity index (χ1v) is 7.93. The molecule has 1 rings (SSSR count). The van der Waals surface area contributed by atoms with Crippen LogP contribution in [0.15, 0.2) is 0 Å². The zero-order valence-electron chi connectivity index (χ0n) is 14.4. The number of rotatable bonds is 6. The molecule has 1 aliphatic heterocycles. The van der Waals surface area contributed by atoms with Gasteiger partial charge in [-0.15, -0.1) is 0 Å². The molecule has 0 aliphatic carbocycles. The maximum absolute atomic E-state index is 12.3. The summed E-state index contributed by atoms with van der Waals surface area (Å²) in [5.74, 6) is -0.223. The van der Waals surface area contributed by atoms with Gasteiger partial charge in [0.15, 0.2) is 0 Å². The van der Waals surface area contributed by atoms with Crippen molar-refractivity contribution in [3.63, 3.8) is 0 Å². The molecule has 0 aromatic rings. The number of esters is 1. The van der Waals surface area contributed by atoms with Crippen LogP contribution in [0.4, 0.5) is 4.79 Å². The van der Waals surface area contributed by atoms with Gasteiger partial charge in [-0.05, 0) is 33.6 Å². The van der Waals surface area contributed by atoms with E-state index in [1.807, 2.05) is 27.7 Å². The van der Waals surface area contributed by atoms with E-state index in [9.17, 15) is 9.59 Å². The summed E-state index contributed by atoms with van der Waals surface area (Å²) in [6.45, 7) is 8.81. The summed E-state index contributed by atoms with van der Waals surface area (Å²) < 4.78 is 15.8. The lowest BCUT2D eigenvalue weighted by atomic mass is 10.1. The molecule has 6 nitrogen and oxygen atoms in total. The van der Waals surface area contributed by atoms with Crippen LogP contribution in [0.2, 0.25) is 0 Å². The van der Waals surface area contributed by atoms with Crippen molar-refractivity contribution in [2.75, 3.05) is 26.9 Å². The van der Waals surface area contributed by atoms with Crippen LogP contribution in [-0.2, 0) is 19.0 Å². The maximum atomic E-state index is 12.3. The van der Waals surface area contributed by atoms with Gasteiger partial charge in [-0.3, -0.25) is 4.90 Å². The minimum atomic E-state index is -0.590. The van der Waals surface area contributed by atoms with Crippen LogP contribution in [0.1, 0.15) is 47.0 Å². The van der Waals surface area contributed by atoms with E-state index in [4.69, 9.17) is 14.2 Å². The molecule has 0 saturated carbocycles. The number of hydrogen-bond acceptors (Lipinski definition) is 5. The summed E-state index contributed by atoms with van der Waals surface area (Å²) in [6, 6.07) is -0.577. The third-order valence-corrected chi connectivity index (χ3v) is 3.43. The number of carbonyl (C=O) groups excluding carboxylic acids is 2. The first-order chi connectivity index (χ1) is 10.3. The smallest absolute Gasteiger partial charge is 0.411 e. The summed E-state index contributed by atoms with van der Waals surface area (Å²) in [6.07, 6.45) is 1.87. The predicted molar refractivity (Wildman–Crippen MR) is 82.6 cm³/mol. The van der Waals surface area contributed by atoms with E-state index in [1.54, 1.807) is 7.11 Å². The van der Waals surface area contributed by atoms with Gasteiger partial charge in [0.05, 0.1) is 13.2 Å². The second-order valence-electron chi connectivity index (χ2n) is 6.73. The molecule has 1 saturated heterocycles. The fourth-order valence-corrected chi connectivity index (χ4v) is 2.44. The number of unbranched alkanes of at least 4 members (excludes halogenated alkanes) is 1. The lowest BCUT2D eigenvalue weighted by molar-refractivity contribution is -0.148. The van der Waals surface area contributed by atoms with Crippen LogP contribution in [0.25, 0.3) is 0 Å². The van der Waals surface area contributed by atoms with E-state index < -0.39 is 17.7 Å². The Labute approximate surface area is 133 Å². The Bertz CT molecular complexity index is 377. The van der Waals surface area contributed by atoms with E-state index in [-0.39, 0.29) is 11.9 Å². The molecular formula is C16H29NO5. The van der Waals surface area contributed by atoms with E-state index in [0.717, 1.165) is 12.8 Å². The minimum Gasteiger partial charge on any atom is -0.464 e. The van der Waals surface area contributed by atoms with Gasteiger partial charge in [0.25, 0.3) is 0 Å². The van der Waals surface area contributed by atoms with Gasteiger partial charge in [-0.25, -0.2) is 9.59 Å². The molecule has 1 fully saturated rings. The average molecular weight is 315 g/mol. The number of carbonyl (C=O) groups is 2. The summed E-state index contributed by atoms with van der Waals surface area (Å²) in [4.78, 5) is 26.0. The second kappa shape index (κ2) is 8.36. The average Bonchev–Trinajstić information content (AvgIpc) is 2.81. The molecule has 2 atom stereocenters. The number of methoxy groups -OCH3 is 1. The van der Waals surface area contributed by atoms with Gasteiger partial charge in [0, 0.05) is 19.6 Å². The monoisotopic (exact) mass is 315 g/mol. The number of hydrogen-bond donors (Lipinski definition) is 0. The lowest BCUT2D eigenvalue weighted by Gasteiger charge is -2.27. The van der Waals surface area contributed by atoms with Crippen LogP contribution in [0, 0.1) is 5.92 Å². The van der Waals surface area contributed by atoms with Crippen molar-refractivity contribution in [3.05, 3.63) is 0 Å². The Morgan fingerprint density at radius 2 is 1.95 bits per heavy atom. The molecule has 0 radical (unpaired) electrons. The molecule has 128 valence electrons. The zero-order valence-corrected chi connectivity index (χ0v) is 14.4. The van der Waals surface area contributed by atoms with Crippen molar-refractivity contribution >= 4 is 12.1 Å². The maximum Gasteiger partial charge on any atom is 0.411 e. The van der Waals surface area contributed by atoms with Crippen LogP contribution >= 0.6 is 0 Å². The van der Waals surface area contributed by atoms with Crippen molar-refractivity contribution in [1.29, 1.82) is 0 Å². The normalized spacial score (nSPS) is 21.8. The molecule has 1 unspecified atom stereocenters. The lowest BCUT2D eigenvalue weighted by Crippen LogP contribution is -2.44. The van der Waals surface area contributed by atoms with Crippen LogP contribution in [0.3, 0.4) is 0 Å². The molecule has 0 bridgehead atoms. The van der Waals surface area contributed by atoms with E-state index in [1.165, 1.54) is 4.90 Å². The zero-order chi connectivity index (χ0) is 16.8. The van der Waals surface area contributed by atoms with Gasteiger partial charge in [-0.1, -0.05) is 13.3 Å². The second-order valence-corrected chi connectivity index (χ2v) is 6.73. The van der Waals surface area contributed by atoms with Crippen LogP contribution in [-0.4, -0.2) is 55.5 Å². The highest BCUT2D eigenvalue weighted by molar-refractivity contribution is 5.82. The van der Waals surface area contributed by atoms with Gasteiger partial charge in [0.1, 0.15) is 11.6 Å². The first-order valence-electron chi connectivity index (χ1n) is 7.93. The van der Waals surface area contributed by atoms with Crippen molar-refractivity contribution in [3.8, 4) is 0 Å².